The monoisotopic (exact) mass is 413 g/mol. The molecule has 2 unspecified atom stereocenters. The summed E-state index contributed by atoms with van der Waals surface area (Å²) in [5.41, 5.74) is 1.17. The number of hydrogen-bond donors (Lipinski definition) is 1. The third-order valence-corrected chi connectivity index (χ3v) is 5.60. The van der Waals surface area contributed by atoms with Crippen LogP contribution in [0.2, 0.25) is 0 Å². The number of nitrogens with zero attached hydrogens (tertiary/aromatic N) is 2. The molecule has 1 fully saturated rings. The van der Waals surface area contributed by atoms with Crippen molar-refractivity contribution in [3.63, 3.8) is 0 Å². The first kappa shape index (κ1) is 22.9. The third kappa shape index (κ3) is 4.97. The van der Waals surface area contributed by atoms with Gasteiger partial charge in [0.2, 0.25) is 5.91 Å². The third-order valence-electron chi connectivity index (χ3n) is 4.26. The number of β-lactam (4-membered cyclic amide) rings is 1. The van der Waals surface area contributed by atoms with Crippen molar-refractivity contribution in [2.75, 3.05) is 26.5 Å². The van der Waals surface area contributed by atoms with E-state index in [9.17, 15) is 19.5 Å². The van der Waals surface area contributed by atoms with E-state index in [1.54, 1.807) is 14.1 Å². The molecule has 2 heterocycles. The number of carbonyl (C=O) groups excluding carboxylic acids is 3. The first-order valence-corrected chi connectivity index (χ1v) is 9.45. The quantitative estimate of drug-likeness (QED) is 0.277. The van der Waals surface area contributed by atoms with E-state index >= 15 is 0 Å². The fourth-order valence-corrected chi connectivity index (χ4v) is 4.32. The van der Waals surface area contributed by atoms with Gasteiger partial charge in [0.15, 0.2) is 0 Å². The van der Waals surface area contributed by atoms with Crippen molar-refractivity contribution in [1.82, 2.24) is 15.3 Å². The van der Waals surface area contributed by atoms with Crippen LogP contribution in [-0.2, 0) is 25.6 Å². The van der Waals surface area contributed by atoms with Gasteiger partial charge in [-0.05, 0) is 11.1 Å². The minimum atomic E-state index is -1.42. The van der Waals surface area contributed by atoms with Crippen LogP contribution < -0.4 is 40.0 Å². The number of fused-ring (bicyclic) bond motifs is 1. The Bertz CT molecular complexity index is 787. The molecule has 0 aliphatic carbocycles. The van der Waals surface area contributed by atoms with E-state index in [4.69, 9.17) is 4.84 Å². The summed E-state index contributed by atoms with van der Waals surface area (Å²) in [4.78, 5) is 42.8. The summed E-state index contributed by atoms with van der Waals surface area (Å²) >= 11 is 1.40. The predicted molar refractivity (Wildman–Crippen MR) is 96.8 cm³/mol. The summed E-state index contributed by atoms with van der Waals surface area (Å²) in [5, 5.41) is 15.3. The van der Waals surface area contributed by atoms with Gasteiger partial charge in [-0.3, -0.25) is 19.3 Å². The molecule has 0 radical (unpaired) electrons. The summed E-state index contributed by atoms with van der Waals surface area (Å²) in [7, 11) is 3.37. The first-order chi connectivity index (χ1) is 12.9. The molecule has 0 saturated carbocycles. The Morgan fingerprint density at radius 1 is 1.32 bits per heavy atom. The SMILES string of the molecule is CN(C)OCC1=C(C(=O)[O-])N2C(=O)C(NC(=O)Cc3ccccc3)C2SC1.[Na+]. The molecule has 1 aromatic rings. The summed E-state index contributed by atoms with van der Waals surface area (Å²) in [6, 6.07) is 8.46. The molecule has 0 bridgehead atoms. The Morgan fingerprint density at radius 2 is 2.00 bits per heavy atom. The number of aliphatic carboxylic acids is 1. The number of rotatable bonds is 7. The number of thioether (sulfide) groups is 1. The number of hydrogen-bond acceptors (Lipinski definition) is 7. The van der Waals surface area contributed by atoms with E-state index in [0.717, 1.165) is 5.56 Å². The van der Waals surface area contributed by atoms with Crippen LogP contribution in [0.15, 0.2) is 41.6 Å². The second-order valence-corrected chi connectivity index (χ2v) is 7.55. The molecular formula is C18H20N3NaO5S. The summed E-state index contributed by atoms with van der Waals surface area (Å²) in [5.74, 6) is -1.76. The van der Waals surface area contributed by atoms with Crippen LogP contribution in [-0.4, -0.2) is 65.6 Å². The Labute approximate surface area is 189 Å². The number of carbonyl (C=O) groups is 3. The number of carboxylic acids is 1. The van der Waals surface area contributed by atoms with Crippen molar-refractivity contribution < 1.29 is 53.9 Å². The molecule has 0 aromatic heterocycles. The van der Waals surface area contributed by atoms with Gasteiger partial charge in [-0.2, -0.15) is 5.06 Å². The number of hydroxylamine groups is 2. The van der Waals surface area contributed by atoms with Crippen LogP contribution in [0.1, 0.15) is 5.56 Å². The molecule has 2 atom stereocenters. The van der Waals surface area contributed by atoms with Crippen molar-refractivity contribution in [1.29, 1.82) is 0 Å². The summed E-state index contributed by atoms with van der Waals surface area (Å²) in [6.45, 7) is 0.0604. The predicted octanol–water partition coefficient (Wildman–Crippen LogP) is -3.87. The van der Waals surface area contributed by atoms with Crippen LogP contribution in [0.4, 0.5) is 0 Å². The molecule has 10 heteroatoms. The molecule has 1 saturated heterocycles. The van der Waals surface area contributed by atoms with Crippen molar-refractivity contribution >= 4 is 29.5 Å². The minimum absolute atomic E-state index is 0. The summed E-state index contributed by atoms with van der Waals surface area (Å²) < 4.78 is 0. The largest absolute Gasteiger partial charge is 1.00 e. The van der Waals surface area contributed by atoms with Gasteiger partial charge in [-0.1, -0.05) is 30.3 Å². The van der Waals surface area contributed by atoms with Crippen molar-refractivity contribution in [2.45, 2.75) is 17.8 Å². The van der Waals surface area contributed by atoms with E-state index in [0.29, 0.717) is 11.3 Å². The molecule has 8 nitrogen and oxygen atoms in total. The van der Waals surface area contributed by atoms with Gasteiger partial charge in [0.1, 0.15) is 11.4 Å². The number of benzene rings is 1. The Hall–Kier alpha value is -1.36. The zero-order chi connectivity index (χ0) is 19.6. The molecule has 1 N–H and O–H groups in total. The fraction of sp³-hybridized carbons (Fsp3) is 0.389. The van der Waals surface area contributed by atoms with Gasteiger partial charge in [0.05, 0.1) is 24.7 Å². The van der Waals surface area contributed by atoms with E-state index in [1.807, 2.05) is 30.3 Å². The Kier molecular flexibility index (Phi) is 8.11. The van der Waals surface area contributed by atoms with Gasteiger partial charge in [0.25, 0.3) is 5.91 Å². The van der Waals surface area contributed by atoms with E-state index in [2.05, 4.69) is 5.32 Å². The topological polar surface area (TPSA) is 102 Å². The van der Waals surface area contributed by atoms with E-state index in [-0.39, 0.29) is 54.2 Å². The van der Waals surface area contributed by atoms with Crippen LogP contribution in [0.3, 0.4) is 0 Å². The molecule has 2 aliphatic rings. The maximum atomic E-state index is 12.5. The van der Waals surface area contributed by atoms with Crippen LogP contribution >= 0.6 is 11.8 Å². The van der Waals surface area contributed by atoms with Gasteiger partial charge >= 0.3 is 29.6 Å². The standard InChI is InChI=1S/C18H21N3O5S.Na/c1-20(2)26-9-12-10-27-17-14(16(23)21(17)15(12)18(24)25)19-13(22)8-11-6-4-3-5-7-11;/h3-7,14,17H,8-10H2,1-2H3,(H,19,22)(H,24,25);/q;+1/p-1. The van der Waals surface area contributed by atoms with Gasteiger partial charge in [-0.15, -0.1) is 11.8 Å². The molecule has 2 amide bonds. The minimum Gasteiger partial charge on any atom is -0.543 e. The molecule has 2 aliphatic heterocycles. The molecule has 0 spiro atoms. The van der Waals surface area contributed by atoms with Gasteiger partial charge in [-0.25, -0.2) is 0 Å². The molecule has 28 heavy (non-hydrogen) atoms. The second-order valence-electron chi connectivity index (χ2n) is 6.44. The first-order valence-electron chi connectivity index (χ1n) is 8.40. The zero-order valence-corrected chi connectivity index (χ0v) is 18.8. The van der Waals surface area contributed by atoms with Crippen molar-refractivity contribution in [3.8, 4) is 0 Å². The molecule has 1 aromatic carbocycles. The maximum absolute atomic E-state index is 12.5. The second kappa shape index (κ2) is 9.91. The average Bonchev–Trinajstić information content (AvgIpc) is 2.64. The Morgan fingerprint density at radius 3 is 2.61 bits per heavy atom. The van der Waals surface area contributed by atoms with Gasteiger partial charge < -0.3 is 15.2 Å². The fourth-order valence-electron chi connectivity index (χ4n) is 3.00. The molecule has 3 rings (SSSR count). The molecule has 144 valence electrons. The van der Waals surface area contributed by atoms with Gasteiger partial charge in [0, 0.05) is 19.8 Å². The maximum Gasteiger partial charge on any atom is 1.00 e. The number of amides is 2. The smallest absolute Gasteiger partial charge is 0.543 e. The van der Waals surface area contributed by atoms with Crippen LogP contribution in [0, 0.1) is 0 Å². The van der Waals surface area contributed by atoms with Crippen LogP contribution in [0.25, 0.3) is 0 Å². The van der Waals surface area contributed by atoms with E-state index in [1.165, 1.54) is 21.7 Å². The van der Waals surface area contributed by atoms with Crippen LogP contribution in [0.5, 0.6) is 0 Å². The van der Waals surface area contributed by atoms with E-state index < -0.39 is 23.3 Å². The molecular weight excluding hydrogens is 393 g/mol. The van der Waals surface area contributed by atoms with Crippen molar-refractivity contribution in [3.05, 3.63) is 47.2 Å². The Balaban J connectivity index is 0.00000280. The number of nitrogens with one attached hydrogen (secondary N) is 1. The summed E-state index contributed by atoms with van der Waals surface area (Å²) in [6.07, 6.45) is 0.160. The number of carboxylic acid groups (broad SMARTS) is 1. The average molecular weight is 413 g/mol. The normalized spacial score (nSPS) is 21.0. The van der Waals surface area contributed by atoms with Crippen molar-refractivity contribution in [2.24, 2.45) is 0 Å². The zero-order valence-electron chi connectivity index (χ0n) is 16.0.